The highest BCUT2D eigenvalue weighted by Gasteiger charge is 2.13. The number of unbranched alkanes of at least 4 members (excludes halogenated alkanes) is 1. The van der Waals surface area contributed by atoms with Crippen LogP contribution in [0.1, 0.15) is 29.6 Å². The molecule has 0 amide bonds. The molecule has 0 unspecified atom stereocenters. The molecule has 0 aromatic heterocycles. The number of alkyl halides is 1. The van der Waals surface area contributed by atoms with Crippen molar-refractivity contribution in [2.24, 2.45) is 0 Å². The summed E-state index contributed by atoms with van der Waals surface area (Å²) in [5, 5.41) is 0.852. The molecule has 1 aromatic carbocycles. The number of hydrogen-bond acceptors (Lipinski definition) is 5. The third-order valence-corrected chi connectivity index (χ3v) is 3.40. The molecule has 0 bridgehead atoms. The van der Waals surface area contributed by atoms with Gasteiger partial charge >= 0.3 is 5.97 Å². The molecule has 0 spiro atoms. The minimum atomic E-state index is -0.357. The molecule has 1 aromatic rings. The van der Waals surface area contributed by atoms with Gasteiger partial charge < -0.3 is 14.2 Å². The van der Waals surface area contributed by atoms with Gasteiger partial charge in [0.05, 0.1) is 14.2 Å². The number of benzene rings is 1. The van der Waals surface area contributed by atoms with Gasteiger partial charge in [-0.2, -0.15) is 0 Å². The van der Waals surface area contributed by atoms with E-state index >= 15 is 0 Å². The molecule has 0 aliphatic heterocycles. The van der Waals surface area contributed by atoms with Crippen molar-refractivity contribution in [2.75, 3.05) is 26.2 Å². The molecule has 0 aliphatic rings. The van der Waals surface area contributed by atoms with Crippen LogP contribution in [0.4, 0.5) is 0 Å². The molecule has 0 heterocycles. The number of ether oxygens (including phenoxy) is 3. The maximum atomic E-state index is 12.0. The Bertz CT molecular complexity index is 487. The van der Waals surface area contributed by atoms with Crippen molar-refractivity contribution in [3.8, 4) is 11.5 Å². The second kappa shape index (κ2) is 9.39. The number of esters is 1. The Balaban J connectivity index is 2.54. The average Bonchev–Trinajstić information content (AvgIpc) is 2.52. The van der Waals surface area contributed by atoms with E-state index in [4.69, 9.17) is 14.2 Å². The molecule has 0 N–H and O–H groups in total. The van der Waals surface area contributed by atoms with Crippen molar-refractivity contribution >= 4 is 27.7 Å². The average molecular weight is 359 g/mol. The second-order valence-corrected chi connectivity index (χ2v) is 5.09. The predicted molar refractivity (Wildman–Crippen MR) is 82.5 cm³/mol. The Morgan fingerprint density at radius 2 is 1.81 bits per heavy atom. The van der Waals surface area contributed by atoms with E-state index in [2.05, 4.69) is 15.9 Å². The van der Waals surface area contributed by atoms with E-state index in [1.165, 1.54) is 14.2 Å². The van der Waals surface area contributed by atoms with E-state index in [1.54, 1.807) is 18.2 Å². The molecule has 0 radical (unpaired) electrons. The van der Waals surface area contributed by atoms with Crippen molar-refractivity contribution in [1.29, 1.82) is 0 Å². The van der Waals surface area contributed by atoms with Crippen LogP contribution in [-0.2, 0) is 9.53 Å². The monoisotopic (exact) mass is 358 g/mol. The van der Waals surface area contributed by atoms with Crippen LogP contribution in [0.2, 0.25) is 0 Å². The SMILES string of the molecule is COc1ccc(C(=O)COC(=O)CCCCBr)cc1OC. The standard InChI is InChI=1S/C15H19BrO5/c1-19-13-7-6-11(9-14(13)20-2)12(17)10-21-15(18)5-3-4-8-16/h6-7,9H,3-5,8,10H2,1-2H3. The number of carbonyl (C=O) groups excluding carboxylic acids is 2. The van der Waals surface area contributed by atoms with Crippen molar-refractivity contribution in [3.05, 3.63) is 23.8 Å². The van der Waals surface area contributed by atoms with Crippen molar-refractivity contribution in [2.45, 2.75) is 19.3 Å². The highest BCUT2D eigenvalue weighted by Crippen LogP contribution is 2.27. The van der Waals surface area contributed by atoms with Crippen LogP contribution in [-0.4, -0.2) is 37.9 Å². The molecular formula is C15H19BrO5. The van der Waals surface area contributed by atoms with Crippen molar-refractivity contribution in [1.82, 2.24) is 0 Å². The zero-order valence-corrected chi connectivity index (χ0v) is 13.8. The molecular weight excluding hydrogens is 340 g/mol. The topological polar surface area (TPSA) is 61.8 Å². The molecule has 6 heteroatoms. The summed E-state index contributed by atoms with van der Waals surface area (Å²) in [6, 6.07) is 4.83. The molecule has 0 saturated carbocycles. The van der Waals surface area contributed by atoms with Crippen LogP contribution in [0.3, 0.4) is 0 Å². The summed E-state index contributed by atoms with van der Waals surface area (Å²) < 4.78 is 15.2. The van der Waals surface area contributed by atoms with E-state index in [0.717, 1.165) is 18.2 Å². The fourth-order valence-corrected chi connectivity index (χ4v) is 2.07. The van der Waals surface area contributed by atoms with E-state index < -0.39 is 0 Å². The lowest BCUT2D eigenvalue weighted by atomic mass is 10.1. The number of Topliss-reactive ketones (excluding diaryl/α,β-unsaturated/α-hetero) is 1. The fraction of sp³-hybridized carbons (Fsp3) is 0.467. The molecule has 21 heavy (non-hydrogen) atoms. The lowest BCUT2D eigenvalue weighted by molar-refractivity contribution is -0.142. The third-order valence-electron chi connectivity index (χ3n) is 2.83. The number of methoxy groups -OCH3 is 2. The Morgan fingerprint density at radius 3 is 2.43 bits per heavy atom. The number of hydrogen-bond donors (Lipinski definition) is 0. The molecule has 0 saturated heterocycles. The van der Waals surface area contributed by atoms with Gasteiger partial charge in [-0.05, 0) is 31.0 Å². The van der Waals surface area contributed by atoms with Crippen molar-refractivity contribution < 1.29 is 23.8 Å². The lowest BCUT2D eigenvalue weighted by Gasteiger charge is -2.09. The lowest BCUT2D eigenvalue weighted by Crippen LogP contribution is -2.14. The Morgan fingerprint density at radius 1 is 1.10 bits per heavy atom. The summed E-state index contributed by atoms with van der Waals surface area (Å²) in [5.41, 5.74) is 0.418. The van der Waals surface area contributed by atoms with Crippen LogP contribution in [0.15, 0.2) is 18.2 Å². The van der Waals surface area contributed by atoms with E-state index in [9.17, 15) is 9.59 Å². The Labute approximate surface area is 132 Å². The van der Waals surface area contributed by atoms with Gasteiger partial charge in [0.25, 0.3) is 0 Å². The van der Waals surface area contributed by atoms with Crippen molar-refractivity contribution in [3.63, 3.8) is 0 Å². The van der Waals surface area contributed by atoms with Gasteiger partial charge in [-0.15, -0.1) is 0 Å². The third kappa shape index (κ3) is 5.75. The van der Waals surface area contributed by atoms with Crippen LogP contribution in [0.25, 0.3) is 0 Å². The van der Waals surface area contributed by atoms with E-state index in [0.29, 0.717) is 23.5 Å². The predicted octanol–water partition coefficient (Wildman–Crippen LogP) is 2.99. The van der Waals surface area contributed by atoms with Gasteiger partial charge in [0.1, 0.15) is 0 Å². The number of carbonyl (C=O) groups is 2. The Hall–Kier alpha value is -1.56. The molecule has 0 atom stereocenters. The number of rotatable bonds is 9. The highest BCUT2D eigenvalue weighted by atomic mass is 79.9. The summed E-state index contributed by atoms with van der Waals surface area (Å²) in [6.45, 7) is -0.261. The number of halogens is 1. The maximum Gasteiger partial charge on any atom is 0.306 e. The van der Waals surface area contributed by atoms with Gasteiger partial charge in [-0.3, -0.25) is 9.59 Å². The van der Waals surface area contributed by atoms with E-state index in [-0.39, 0.29) is 18.4 Å². The van der Waals surface area contributed by atoms with Crippen LogP contribution >= 0.6 is 15.9 Å². The summed E-state index contributed by atoms with van der Waals surface area (Å²) in [6.07, 6.45) is 1.97. The first-order valence-electron chi connectivity index (χ1n) is 6.59. The van der Waals surface area contributed by atoms with Crippen LogP contribution in [0, 0.1) is 0 Å². The normalized spacial score (nSPS) is 10.0. The molecule has 1 rings (SSSR count). The zero-order chi connectivity index (χ0) is 15.7. The summed E-state index contributed by atoms with van der Waals surface area (Å²) in [5.74, 6) is 0.377. The van der Waals surface area contributed by atoms with Gasteiger partial charge in [0.15, 0.2) is 23.9 Å². The summed E-state index contributed by atoms with van der Waals surface area (Å²) >= 11 is 3.29. The molecule has 0 aliphatic carbocycles. The quantitative estimate of drug-likeness (QED) is 0.294. The second-order valence-electron chi connectivity index (χ2n) is 4.30. The highest BCUT2D eigenvalue weighted by molar-refractivity contribution is 9.09. The first-order chi connectivity index (χ1) is 10.1. The zero-order valence-electron chi connectivity index (χ0n) is 12.2. The fourth-order valence-electron chi connectivity index (χ4n) is 1.68. The minimum Gasteiger partial charge on any atom is -0.493 e. The van der Waals surface area contributed by atoms with Gasteiger partial charge in [0, 0.05) is 17.3 Å². The van der Waals surface area contributed by atoms with Gasteiger partial charge in [0.2, 0.25) is 0 Å². The smallest absolute Gasteiger partial charge is 0.306 e. The molecule has 0 fully saturated rings. The summed E-state index contributed by atoms with van der Waals surface area (Å²) in [4.78, 5) is 23.4. The number of ketones is 1. The van der Waals surface area contributed by atoms with E-state index in [1.807, 2.05) is 0 Å². The van der Waals surface area contributed by atoms with Crippen LogP contribution < -0.4 is 9.47 Å². The molecule has 116 valence electrons. The van der Waals surface area contributed by atoms with Gasteiger partial charge in [-0.1, -0.05) is 15.9 Å². The first-order valence-corrected chi connectivity index (χ1v) is 7.71. The van der Waals surface area contributed by atoms with Crippen LogP contribution in [0.5, 0.6) is 11.5 Å². The first kappa shape index (κ1) is 17.5. The minimum absolute atomic E-state index is 0.261. The van der Waals surface area contributed by atoms with Gasteiger partial charge in [-0.25, -0.2) is 0 Å². The maximum absolute atomic E-state index is 12.0. The Kier molecular flexibility index (Phi) is 7.82. The molecule has 5 nitrogen and oxygen atoms in total. The summed E-state index contributed by atoms with van der Waals surface area (Å²) in [7, 11) is 3.02. The largest absolute Gasteiger partial charge is 0.493 e.